The van der Waals surface area contributed by atoms with Crippen molar-refractivity contribution in [3.05, 3.63) is 11.6 Å². The first-order valence-electron chi connectivity index (χ1n) is 5.49. The summed E-state index contributed by atoms with van der Waals surface area (Å²) >= 11 is 0. The molecule has 0 saturated carbocycles. The van der Waals surface area contributed by atoms with Crippen LogP contribution in [0.5, 0.6) is 0 Å². The van der Waals surface area contributed by atoms with Crippen LogP contribution in [0.3, 0.4) is 0 Å². The average Bonchev–Trinajstić information content (AvgIpc) is 2.42. The Bertz CT molecular complexity index is 355. The standard InChI is InChI=1S/C11H19N3O/c1-8(2)10-12-9-5-15-7-11(3,4)6-14(9)13-10/h8H,5-7H2,1-4H3. The summed E-state index contributed by atoms with van der Waals surface area (Å²) in [5.41, 5.74) is 0.146. The third-order valence-corrected chi connectivity index (χ3v) is 2.58. The second-order valence-electron chi connectivity index (χ2n) is 5.36. The van der Waals surface area contributed by atoms with Gasteiger partial charge in [-0.3, -0.25) is 0 Å². The van der Waals surface area contributed by atoms with E-state index in [1.807, 2.05) is 4.68 Å². The van der Waals surface area contributed by atoms with E-state index in [9.17, 15) is 0 Å². The van der Waals surface area contributed by atoms with E-state index in [4.69, 9.17) is 4.74 Å². The molecule has 15 heavy (non-hydrogen) atoms. The van der Waals surface area contributed by atoms with Crippen LogP contribution in [-0.2, 0) is 17.9 Å². The monoisotopic (exact) mass is 209 g/mol. The minimum Gasteiger partial charge on any atom is -0.373 e. The summed E-state index contributed by atoms with van der Waals surface area (Å²) < 4.78 is 7.61. The first kappa shape index (κ1) is 10.6. The van der Waals surface area contributed by atoms with Crippen molar-refractivity contribution in [2.75, 3.05) is 6.61 Å². The summed E-state index contributed by atoms with van der Waals surface area (Å²) in [5.74, 6) is 2.27. The fourth-order valence-corrected chi connectivity index (χ4v) is 1.74. The summed E-state index contributed by atoms with van der Waals surface area (Å²) in [7, 11) is 0. The van der Waals surface area contributed by atoms with Gasteiger partial charge in [-0.05, 0) is 0 Å². The van der Waals surface area contributed by atoms with Gasteiger partial charge in [0.15, 0.2) is 11.6 Å². The van der Waals surface area contributed by atoms with E-state index in [2.05, 4.69) is 37.8 Å². The van der Waals surface area contributed by atoms with Crippen molar-refractivity contribution >= 4 is 0 Å². The molecule has 0 spiro atoms. The third kappa shape index (κ3) is 2.20. The zero-order valence-corrected chi connectivity index (χ0v) is 9.95. The number of hydrogen-bond donors (Lipinski definition) is 0. The summed E-state index contributed by atoms with van der Waals surface area (Å²) in [6, 6.07) is 0. The van der Waals surface area contributed by atoms with Gasteiger partial charge in [0.2, 0.25) is 0 Å². The van der Waals surface area contributed by atoms with E-state index in [-0.39, 0.29) is 5.41 Å². The van der Waals surface area contributed by atoms with Crippen molar-refractivity contribution in [3.8, 4) is 0 Å². The maximum absolute atomic E-state index is 5.61. The first-order chi connectivity index (χ1) is 6.98. The van der Waals surface area contributed by atoms with Gasteiger partial charge in [0.05, 0.1) is 13.2 Å². The van der Waals surface area contributed by atoms with Gasteiger partial charge in [0.25, 0.3) is 0 Å². The Hall–Kier alpha value is -0.900. The molecule has 2 rings (SSSR count). The van der Waals surface area contributed by atoms with Crippen LogP contribution in [0.4, 0.5) is 0 Å². The molecular formula is C11H19N3O. The number of hydrogen-bond acceptors (Lipinski definition) is 3. The maximum Gasteiger partial charge on any atom is 0.153 e. The Morgan fingerprint density at radius 1 is 1.40 bits per heavy atom. The van der Waals surface area contributed by atoms with Crippen molar-refractivity contribution in [3.63, 3.8) is 0 Å². The highest BCUT2D eigenvalue weighted by Crippen LogP contribution is 2.23. The highest BCUT2D eigenvalue weighted by Gasteiger charge is 2.26. The highest BCUT2D eigenvalue weighted by atomic mass is 16.5. The number of nitrogens with zero attached hydrogens (tertiary/aromatic N) is 3. The SMILES string of the molecule is CC(C)c1nc2n(n1)CC(C)(C)COC2. The van der Waals surface area contributed by atoms with Crippen LogP contribution < -0.4 is 0 Å². The van der Waals surface area contributed by atoms with Crippen LogP contribution in [0.2, 0.25) is 0 Å². The van der Waals surface area contributed by atoms with Gasteiger partial charge in [-0.25, -0.2) is 9.67 Å². The van der Waals surface area contributed by atoms with Crippen molar-refractivity contribution < 1.29 is 4.74 Å². The normalized spacial score (nSPS) is 20.1. The second-order valence-corrected chi connectivity index (χ2v) is 5.36. The van der Waals surface area contributed by atoms with Gasteiger partial charge >= 0.3 is 0 Å². The lowest BCUT2D eigenvalue weighted by molar-refractivity contribution is 0.0572. The van der Waals surface area contributed by atoms with Gasteiger partial charge in [0.1, 0.15) is 6.61 Å². The van der Waals surface area contributed by atoms with E-state index in [1.54, 1.807) is 0 Å². The van der Waals surface area contributed by atoms with Crippen LogP contribution in [0.1, 0.15) is 45.3 Å². The van der Waals surface area contributed by atoms with E-state index in [1.165, 1.54) is 0 Å². The molecule has 0 fully saturated rings. The molecule has 0 saturated heterocycles. The van der Waals surface area contributed by atoms with Crippen LogP contribution in [0.15, 0.2) is 0 Å². The fourth-order valence-electron chi connectivity index (χ4n) is 1.74. The summed E-state index contributed by atoms with van der Waals surface area (Å²) in [6.07, 6.45) is 0. The number of aromatic nitrogens is 3. The molecule has 0 aromatic carbocycles. The summed E-state index contributed by atoms with van der Waals surface area (Å²) in [4.78, 5) is 4.50. The number of ether oxygens (including phenoxy) is 1. The molecule has 2 heterocycles. The lowest BCUT2D eigenvalue weighted by atomic mass is 9.95. The molecule has 1 aromatic rings. The molecule has 0 amide bonds. The zero-order chi connectivity index (χ0) is 11.1. The Balaban J connectivity index is 2.31. The highest BCUT2D eigenvalue weighted by molar-refractivity contribution is 4.98. The quantitative estimate of drug-likeness (QED) is 0.709. The van der Waals surface area contributed by atoms with Crippen LogP contribution in [0.25, 0.3) is 0 Å². The molecule has 0 N–H and O–H groups in total. The van der Waals surface area contributed by atoms with Gasteiger partial charge in [0, 0.05) is 11.3 Å². The Morgan fingerprint density at radius 2 is 2.13 bits per heavy atom. The molecule has 84 valence electrons. The Labute approximate surface area is 90.7 Å². The van der Waals surface area contributed by atoms with Crippen LogP contribution >= 0.6 is 0 Å². The predicted octanol–water partition coefficient (Wildman–Crippen LogP) is 1.96. The molecular weight excluding hydrogens is 190 g/mol. The smallest absolute Gasteiger partial charge is 0.153 e. The van der Waals surface area contributed by atoms with Crippen molar-refractivity contribution in [2.45, 2.75) is 46.8 Å². The molecule has 1 aliphatic rings. The number of fused-ring (bicyclic) bond motifs is 1. The topological polar surface area (TPSA) is 39.9 Å². The first-order valence-corrected chi connectivity index (χ1v) is 5.49. The van der Waals surface area contributed by atoms with Crippen LogP contribution in [0, 0.1) is 5.41 Å². The molecule has 0 bridgehead atoms. The van der Waals surface area contributed by atoms with Gasteiger partial charge in [-0.15, -0.1) is 0 Å². The Morgan fingerprint density at radius 3 is 2.80 bits per heavy atom. The van der Waals surface area contributed by atoms with Crippen molar-refractivity contribution in [1.29, 1.82) is 0 Å². The van der Waals surface area contributed by atoms with Gasteiger partial charge in [-0.1, -0.05) is 27.7 Å². The predicted molar refractivity (Wildman–Crippen MR) is 57.5 cm³/mol. The van der Waals surface area contributed by atoms with E-state index < -0.39 is 0 Å². The van der Waals surface area contributed by atoms with Crippen molar-refractivity contribution in [2.24, 2.45) is 5.41 Å². The lowest BCUT2D eigenvalue weighted by Gasteiger charge is -2.20. The number of rotatable bonds is 1. The fraction of sp³-hybridized carbons (Fsp3) is 0.818. The molecule has 0 aliphatic carbocycles. The summed E-state index contributed by atoms with van der Waals surface area (Å²) in [5, 5.41) is 4.53. The molecule has 0 unspecified atom stereocenters. The van der Waals surface area contributed by atoms with E-state index >= 15 is 0 Å². The minimum atomic E-state index is 0.146. The van der Waals surface area contributed by atoms with E-state index in [0.29, 0.717) is 12.5 Å². The second kappa shape index (κ2) is 3.59. The largest absolute Gasteiger partial charge is 0.373 e. The molecule has 4 nitrogen and oxygen atoms in total. The maximum atomic E-state index is 5.61. The van der Waals surface area contributed by atoms with E-state index in [0.717, 1.165) is 24.8 Å². The molecule has 1 aliphatic heterocycles. The minimum absolute atomic E-state index is 0.146. The zero-order valence-electron chi connectivity index (χ0n) is 9.95. The van der Waals surface area contributed by atoms with Crippen molar-refractivity contribution in [1.82, 2.24) is 14.8 Å². The molecule has 0 radical (unpaired) electrons. The Kier molecular flexibility index (Phi) is 2.54. The van der Waals surface area contributed by atoms with Gasteiger partial charge < -0.3 is 4.74 Å². The average molecular weight is 209 g/mol. The molecule has 1 aromatic heterocycles. The lowest BCUT2D eigenvalue weighted by Crippen LogP contribution is -2.23. The van der Waals surface area contributed by atoms with Gasteiger partial charge in [-0.2, -0.15) is 5.10 Å². The third-order valence-electron chi connectivity index (χ3n) is 2.58. The molecule has 4 heteroatoms. The summed E-state index contributed by atoms with van der Waals surface area (Å²) in [6.45, 7) is 10.9. The van der Waals surface area contributed by atoms with Crippen LogP contribution in [-0.4, -0.2) is 21.4 Å². The molecule has 0 atom stereocenters.